The van der Waals surface area contributed by atoms with Crippen molar-refractivity contribution >= 4 is 19.5 Å². The third kappa shape index (κ3) is 3.24. The topological polar surface area (TPSA) is 29.1 Å². The van der Waals surface area contributed by atoms with E-state index in [4.69, 9.17) is 0 Å². The van der Waals surface area contributed by atoms with Crippen molar-refractivity contribution in [1.29, 1.82) is 0 Å². The fourth-order valence-corrected chi connectivity index (χ4v) is 2.35. The third-order valence-electron chi connectivity index (χ3n) is 1.52. The quantitative estimate of drug-likeness (QED) is 0.549. The maximum absolute atomic E-state index is 11.2. The van der Waals surface area contributed by atoms with Gasteiger partial charge in [0.1, 0.15) is 0 Å². The fourth-order valence-electron chi connectivity index (χ4n) is 0.868. The summed E-state index contributed by atoms with van der Waals surface area (Å²) in [7, 11) is -1.65. The summed E-state index contributed by atoms with van der Waals surface area (Å²) in [4.78, 5) is 0. The van der Waals surface area contributed by atoms with Gasteiger partial charge in [0.25, 0.3) is 0 Å². The van der Waals surface area contributed by atoms with Crippen LogP contribution < -0.4 is 5.32 Å². The van der Waals surface area contributed by atoms with E-state index in [-0.39, 0.29) is 12.4 Å². The largest absolute Gasteiger partial charge is 0.324 e. The van der Waals surface area contributed by atoms with Crippen LogP contribution in [0.3, 0.4) is 0 Å². The molecular weight excluding hydrogens is 156 g/mol. The molecule has 9 heavy (non-hydrogen) atoms. The lowest BCUT2D eigenvalue weighted by Gasteiger charge is -2.18. The standard InChI is InChI=1S/C5H12NOP.ClH/c1-8(7)4-2-6-3-5-8;/h6H,2-5H2,1H3;1H. The second kappa shape index (κ2) is 3.60. The molecular formula is C5H13ClNOP. The molecule has 1 fully saturated rings. The van der Waals surface area contributed by atoms with Gasteiger partial charge in [0.05, 0.1) is 7.14 Å². The Labute approximate surface area is 62.2 Å². The van der Waals surface area contributed by atoms with Crippen LogP contribution >= 0.6 is 19.5 Å². The number of halogens is 1. The van der Waals surface area contributed by atoms with Crippen molar-refractivity contribution in [2.45, 2.75) is 0 Å². The highest BCUT2D eigenvalue weighted by Gasteiger charge is 2.17. The Morgan fingerprint density at radius 2 is 1.78 bits per heavy atom. The monoisotopic (exact) mass is 169 g/mol. The van der Waals surface area contributed by atoms with Gasteiger partial charge in [-0.15, -0.1) is 12.4 Å². The zero-order chi connectivity index (χ0) is 6.04. The molecule has 0 aromatic carbocycles. The van der Waals surface area contributed by atoms with Crippen LogP contribution in [-0.4, -0.2) is 32.1 Å². The summed E-state index contributed by atoms with van der Waals surface area (Å²) in [5, 5.41) is 3.17. The van der Waals surface area contributed by atoms with Crippen molar-refractivity contribution in [2.75, 3.05) is 32.1 Å². The summed E-state index contributed by atoms with van der Waals surface area (Å²) in [6.07, 6.45) is 1.79. The van der Waals surface area contributed by atoms with Crippen LogP contribution in [0.1, 0.15) is 0 Å². The molecule has 2 nitrogen and oxygen atoms in total. The number of nitrogens with one attached hydrogen (secondary N) is 1. The van der Waals surface area contributed by atoms with Crippen molar-refractivity contribution < 1.29 is 4.57 Å². The van der Waals surface area contributed by atoms with Crippen molar-refractivity contribution in [1.82, 2.24) is 5.32 Å². The van der Waals surface area contributed by atoms with Crippen LogP contribution in [0.5, 0.6) is 0 Å². The van der Waals surface area contributed by atoms with Gasteiger partial charge in [-0.25, -0.2) is 0 Å². The minimum atomic E-state index is -1.65. The van der Waals surface area contributed by atoms with E-state index in [2.05, 4.69) is 5.32 Å². The molecule has 0 saturated carbocycles. The summed E-state index contributed by atoms with van der Waals surface area (Å²) in [6, 6.07) is 0. The van der Waals surface area contributed by atoms with Crippen LogP contribution in [0.25, 0.3) is 0 Å². The molecule has 0 aromatic rings. The Morgan fingerprint density at radius 1 is 1.33 bits per heavy atom. The zero-order valence-electron chi connectivity index (χ0n) is 5.59. The van der Waals surface area contributed by atoms with Gasteiger partial charge in [0.2, 0.25) is 0 Å². The molecule has 0 atom stereocenters. The summed E-state index contributed by atoms with van der Waals surface area (Å²) in [5.41, 5.74) is 0. The molecule has 4 heteroatoms. The van der Waals surface area contributed by atoms with E-state index in [1.807, 2.05) is 6.66 Å². The minimum Gasteiger partial charge on any atom is -0.324 e. The lowest BCUT2D eigenvalue weighted by Crippen LogP contribution is -2.28. The molecule has 0 aliphatic carbocycles. The van der Waals surface area contributed by atoms with Gasteiger partial charge in [0.15, 0.2) is 0 Å². The third-order valence-corrected chi connectivity index (χ3v) is 3.86. The Balaban J connectivity index is 0.000000640. The first-order chi connectivity index (χ1) is 3.71. The highest BCUT2D eigenvalue weighted by atomic mass is 35.5. The van der Waals surface area contributed by atoms with Gasteiger partial charge in [0, 0.05) is 25.4 Å². The Kier molecular flexibility index (Phi) is 3.79. The molecule has 1 N–H and O–H groups in total. The highest BCUT2D eigenvalue weighted by Crippen LogP contribution is 2.40. The van der Waals surface area contributed by atoms with Crippen LogP contribution in [0.2, 0.25) is 0 Å². The van der Waals surface area contributed by atoms with E-state index in [9.17, 15) is 4.57 Å². The fraction of sp³-hybridized carbons (Fsp3) is 1.00. The number of hydrogen-bond acceptors (Lipinski definition) is 2. The van der Waals surface area contributed by atoms with E-state index in [0.717, 1.165) is 25.4 Å². The minimum absolute atomic E-state index is 0. The molecule has 0 bridgehead atoms. The van der Waals surface area contributed by atoms with Gasteiger partial charge in [-0.05, 0) is 6.66 Å². The maximum Gasteiger partial charge on any atom is 0.0873 e. The molecule has 1 aliphatic rings. The molecule has 0 amide bonds. The zero-order valence-corrected chi connectivity index (χ0v) is 7.30. The van der Waals surface area contributed by atoms with Crippen molar-refractivity contribution in [2.24, 2.45) is 0 Å². The van der Waals surface area contributed by atoms with E-state index in [1.54, 1.807) is 0 Å². The predicted molar refractivity (Wildman–Crippen MR) is 43.4 cm³/mol. The first kappa shape index (κ1) is 9.48. The predicted octanol–water partition coefficient (Wildman–Crippen LogP) is 1.00. The summed E-state index contributed by atoms with van der Waals surface area (Å²) < 4.78 is 11.2. The molecule has 1 heterocycles. The Morgan fingerprint density at radius 3 is 2.00 bits per heavy atom. The average molecular weight is 170 g/mol. The van der Waals surface area contributed by atoms with E-state index < -0.39 is 7.14 Å². The van der Waals surface area contributed by atoms with Gasteiger partial charge in [-0.1, -0.05) is 0 Å². The molecule has 0 aromatic heterocycles. The summed E-state index contributed by atoms with van der Waals surface area (Å²) in [5.74, 6) is 0. The van der Waals surface area contributed by atoms with E-state index in [1.165, 1.54) is 0 Å². The first-order valence-electron chi connectivity index (χ1n) is 2.97. The van der Waals surface area contributed by atoms with Gasteiger partial charge in [-0.2, -0.15) is 0 Å². The first-order valence-corrected chi connectivity index (χ1v) is 5.49. The lowest BCUT2D eigenvalue weighted by molar-refractivity contribution is 0.566. The van der Waals surface area contributed by atoms with E-state index >= 15 is 0 Å². The van der Waals surface area contributed by atoms with Gasteiger partial charge < -0.3 is 9.88 Å². The van der Waals surface area contributed by atoms with Crippen molar-refractivity contribution in [3.05, 3.63) is 0 Å². The Hall–Kier alpha value is 0.480. The molecule has 0 spiro atoms. The van der Waals surface area contributed by atoms with Gasteiger partial charge in [-0.3, -0.25) is 0 Å². The van der Waals surface area contributed by atoms with E-state index in [0.29, 0.717) is 0 Å². The van der Waals surface area contributed by atoms with Crippen molar-refractivity contribution in [3.63, 3.8) is 0 Å². The summed E-state index contributed by atoms with van der Waals surface area (Å²) >= 11 is 0. The summed E-state index contributed by atoms with van der Waals surface area (Å²) in [6.45, 7) is 3.80. The second-order valence-electron chi connectivity index (χ2n) is 2.49. The van der Waals surface area contributed by atoms with Crippen LogP contribution in [0.4, 0.5) is 0 Å². The number of hydrogen-bond donors (Lipinski definition) is 1. The van der Waals surface area contributed by atoms with Crippen molar-refractivity contribution in [3.8, 4) is 0 Å². The SMILES string of the molecule is CP1(=O)CCNCC1.Cl. The normalized spacial score (nSPS) is 24.6. The van der Waals surface area contributed by atoms with Crippen LogP contribution in [0.15, 0.2) is 0 Å². The Bertz CT molecular complexity index is 118. The van der Waals surface area contributed by atoms with Crippen LogP contribution in [-0.2, 0) is 4.57 Å². The molecule has 1 saturated heterocycles. The smallest absolute Gasteiger partial charge is 0.0873 e. The molecule has 0 unspecified atom stereocenters. The maximum atomic E-state index is 11.2. The van der Waals surface area contributed by atoms with Crippen LogP contribution in [0, 0.1) is 0 Å². The van der Waals surface area contributed by atoms with Gasteiger partial charge >= 0.3 is 0 Å². The average Bonchev–Trinajstić information content (AvgIpc) is 1.65. The molecule has 1 aliphatic heterocycles. The second-order valence-corrected chi connectivity index (χ2v) is 5.98. The molecule has 0 radical (unpaired) electrons. The molecule has 1 rings (SSSR count). The highest BCUT2D eigenvalue weighted by molar-refractivity contribution is 7.63. The lowest BCUT2D eigenvalue weighted by atomic mass is 10.6. The molecule has 56 valence electrons. The number of rotatable bonds is 0.